The zero-order valence-corrected chi connectivity index (χ0v) is 9.02. The van der Waals surface area contributed by atoms with Gasteiger partial charge in [-0.05, 0) is 0 Å². The summed E-state index contributed by atoms with van der Waals surface area (Å²) in [5.74, 6) is 0. The molecule has 0 radical (unpaired) electrons. The summed E-state index contributed by atoms with van der Waals surface area (Å²) in [7, 11) is 0. The molecule has 2 fully saturated rings. The molecule has 2 aliphatic rings. The van der Waals surface area contributed by atoms with Crippen molar-refractivity contribution in [3.8, 4) is 0 Å². The van der Waals surface area contributed by atoms with Gasteiger partial charge in [0.1, 0.15) is 6.10 Å². The van der Waals surface area contributed by atoms with Crippen LogP contribution in [0.2, 0.25) is 0 Å². The molecule has 0 aromatic heterocycles. The summed E-state index contributed by atoms with van der Waals surface area (Å²) < 4.78 is 11.1. The number of rotatable bonds is 3. The Kier molecular flexibility index (Phi) is 4.34. The first-order valence-electron chi connectivity index (χ1n) is 5.65. The Hall–Kier alpha value is -0.200. The Bertz CT molecular complexity index is 186. The predicted octanol–water partition coefficient (Wildman–Crippen LogP) is -1.33. The fourth-order valence-electron chi connectivity index (χ4n) is 2.05. The molecule has 2 N–H and O–H groups in total. The third kappa shape index (κ3) is 3.39. The van der Waals surface area contributed by atoms with E-state index in [2.05, 4.69) is 10.2 Å². The lowest BCUT2D eigenvalue weighted by molar-refractivity contribution is -0.156. The first kappa shape index (κ1) is 11.3. The fourth-order valence-corrected chi connectivity index (χ4v) is 2.05. The lowest BCUT2D eigenvalue weighted by Gasteiger charge is -2.34. The number of hydrogen-bond acceptors (Lipinski definition) is 5. The molecule has 0 amide bonds. The SMILES string of the molecule is OCC1COCC(CN2CCNCC2)O1. The van der Waals surface area contributed by atoms with Gasteiger partial charge in [-0.2, -0.15) is 0 Å². The maximum atomic E-state index is 8.99. The number of nitrogens with zero attached hydrogens (tertiary/aromatic N) is 1. The third-order valence-electron chi connectivity index (χ3n) is 2.87. The standard InChI is InChI=1S/C10H20N2O3/c13-6-10-8-14-7-9(15-10)5-12-3-1-11-2-4-12/h9-11,13H,1-8H2. The van der Waals surface area contributed by atoms with Crippen LogP contribution in [0, 0.1) is 0 Å². The maximum Gasteiger partial charge on any atom is 0.104 e. The zero-order chi connectivity index (χ0) is 10.5. The van der Waals surface area contributed by atoms with Gasteiger partial charge in [0.05, 0.1) is 25.9 Å². The Morgan fingerprint density at radius 1 is 1.20 bits per heavy atom. The number of aliphatic hydroxyl groups is 1. The molecule has 0 aromatic rings. The van der Waals surface area contributed by atoms with Crippen LogP contribution in [0.15, 0.2) is 0 Å². The van der Waals surface area contributed by atoms with E-state index in [0.29, 0.717) is 13.2 Å². The number of hydrogen-bond donors (Lipinski definition) is 2. The van der Waals surface area contributed by atoms with Crippen molar-refractivity contribution in [2.24, 2.45) is 0 Å². The molecule has 0 spiro atoms. The smallest absolute Gasteiger partial charge is 0.104 e. The average molecular weight is 216 g/mol. The minimum atomic E-state index is -0.133. The molecule has 2 saturated heterocycles. The van der Waals surface area contributed by atoms with E-state index < -0.39 is 0 Å². The van der Waals surface area contributed by atoms with Crippen molar-refractivity contribution < 1.29 is 14.6 Å². The zero-order valence-electron chi connectivity index (χ0n) is 9.02. The highest BCUT2D eigenvalue weighted by molar-refractivity contribution is 4.75. The highest BCUT2D eigenvalue weighted by Crippen LogP contribution is 2.09. The number of nitrogens with one attached hydrogen (secondary N) is 1. The van der Waals surface area contributed by atoms with Crippen LogP contribution in [0.4, 0.5) is 0 Å². The second kappa shape index (κ2) is 5.77. The summed E-state index contributed by atoms with van der Waals surface area (Å²) in [6, 6.07) is 0. The normalized spacial score (nSPS) is 34.2. The molecule has 2 heterocycles. The van der Waals surface area contributed by atoms with E-state index in [1.165, 1.54) is 0 Å². The summed E-state index contributed by atoms with van der Waals surface area (Å²) in [6.07, 6.45) is -0.0133. The van der Waals surface area contributed by atoms with Crippen LogP contribution in [-0.4, -0.2) is 74.8 Å². The highest BCUT2D eigenvalue weighted by Gasteiger charge is 2.24. The van der Waals surface area contributed by atoms with Crippen molar-refractivity contribution in [3.63, 3.8) is 0 Å². The largest absolute Gasteiger partial charge is 0.394 e. The Balaban J connectivity index is 1.72. The lowest BCUT2D eigenvalue weighted by Crippen LogP contribution is -2.50. The second-order valence-corrected chi connectivity index (χ2v) is 4.15. The van der Waals surface area contributed by atoms with Crippen LogP contribution < -0.4 is 5.32 Å². The fraction of sp³-hybridized carbons (Fsp3) is 1.00. The van der Waals surface area contributed by atoms with Crippen molar-refractivity contribution >= 4 is 0 Å². The van der Waals surface area contributed by atoms with Gasteiger partial charge in [-0.3, -0.25) is 4.90 Å². The summed E-state index contributed by atoms with van der Waals surface area (Å²) in [6.45, 7) is 6.40. The molecule has 5 heteroatoms. The molecular formula is C10H20N2O3. The van der Waals surface area contributed by atoms with E-state index in [1.54, 1.807) is 0 Å². The van der Waals surface area contributed by atoms with E-state index in [4.69, 9.17) is 14.6 Å². The first-order valence-corrected chi connectivity index (χ1v) is 5.65. The van der Waals surface area contributed by atoms with Gasteiger partial charge in [-0.15, -0.1) is 0 Å². The van der Waals surface area contributed by atoms with Gasteiger partial charge in [0, 0.05) is 32.7 Å². The molecular weight excluding hydrogens is 196 g/mol. The van der Waals surface area contributed by atoms with Crippen LogP contribution in [0.25, 0.3) is 0 Å². The summed E-state index contributed by atoms with van der Waals surface area (Å²) in [4.78, 5) is 2.38. The van der Waals surface area contributed by atoms with Gasteiger partial charge in [0.25, 0.3) is 0 Å². The highest BCUT2D eigenvalue weighted by atomic mass is 16.6. The Morgan fingerprint density at radius 3 is 2.67 bits per heavy atom. The van der Waals surface area contributed by atoms with Gasteiger partial charge in [-0.25, -0.2) is 0 Å². The van der Waals surface area contributed by atoms with Crippen LogP contribution in [0.5, 0.6) is 0 Å². The molecule has 0 bridgehead atoms. The van der Waals surface area contributed by atoms with Gasteiger partial charge < -0.3 is 19.9 Å². The average Bonchev–Trinajstić information content (AvgIpc) is 2.31. The summed E-state index contributed by atoms with van der Waals surface area (Å²) in [5, 5.41) is 12.3. The van der Waals surface area contributed by atoms with E-state index in [0.717, 1.165) is 32.7 Å². The number of ether oxygens (including phenoxy) is 2. The molecule has 0 aromatic carbocycles. The van der Waals surface area contributed by atoms with Gasteiger partial charge in [0.15, 0.2) is 0 Å². The van der Waals surface area contributed by atoms with Crippen molar-refractivity contribution in [1.82, 2.24) is 10.2 Å². The van der Waals surface area contributed by atoms with Crippen molar-refractivity contribution in [1.29, 1.82) is 0 Å². The van der Waals surface area contributed by atoms with Crippen LogP contribution in [0.3, 0.4) is 0 Å². The first-order chi connectivity index (χ1) is 7.38. The van der Waals surface area contributed by atoms with Crippen LogP contribution in [-0.2, 0) is 9.47 Å². The molecule has 2 rings (SSSR count). The molecule has 5 nitrogen and oxygen atoms in total. The number of piperazine rings is 1. The topological polar surface area (TPSA) is 54.0 Å². The van der Waals surface area contributed by atoms with Gasteiger partial charge >= 0.3 is 0 Å². The minimum Gasteiger partial charge on any atom is -0.394 e. The van der Waals surface area contributed by atoms with Crippen LogP contribution in [0.1, 0.15) is 0 Å². The molecule has 15 heavy (non-hydrogen) atoms. The lowest BCUT2D eigenvalue weighted by atomic mass is 10.2. The van der Waals surface area contributed by atoms with E-state index >= 15 is 0 Å². The van der Waals surface area contributed by atoms with Crippen molar-refractivity contribution in [2.45, 2.75) is 12.2 Å². The monoisotopic (exact) mass is 216 g/mol. The van der Waals surface area contributed by atoms with Gasteiger partial charge in [-0.1, -0.05) is 0 Å². The number of aliphatic hydroxyl groups excluding tert-OH is 1. The molecule has 0 aliphatic carbocycles. The molecule has 2 unspecified atom stereocenters. The summed E-state index contributed by atoms with van der Waals surface area (Å²) in [5.41, 5.74) is 0. The maximum absolute atomic E-state index is 8.99. The molecule has 2 atom stereocenters. The molecule has 2 aliphatic heterocycles. The molecule has 88 valence electrons. The Morgan fingerprint density at radius 2 is 1.93 bits per heavy atom. The Labute approximate surface area is 90.3 Å². The summed E-state index contributed by atoms with van der Waals surface area (Å²) >= 11 is 0. The molecule has 0 saturated carbocycles. The van der Waals surface area contributed by atoms with E-state index in [9.17, 15) is 0 Å². The minimum absolute atomic E-state index is 0.0536. The predicted molar refractivity (Wildman–Crippen MR) is 55.9 cm³/mol. The van der Waals surface area contributed by atoms with E-state index in [1.807, 2.05) is 0 Å². The second-order valence-electron chi connectivity index (χ2n) is 4.15. The van der Waals surface area contributed by atoms with Gasteiger partial charge in [0.2, 0.25) is 0 Å². The third-order valence-corrected chi connectivity index (χ3v) is 2.87. The van der Waals surface area contributed by atoms with Crippen LogP contribution >= 0.6 is 0 Å². The quantitative estimate of drug-likeness (QED) is 0.612. The van der Waals surface area contributed by atoms with E-state index in [-0.39, 0.29) is 18.8 Å². The van der Waals surface area contributed by atoms with Crippen molar-refractivity contribution in [3.05, 3.63) is 0 Å². The van der Waals surface area contributed by atoms with Crippen molar-refractivity contribution in [2.75, 3.05) is 52.5 Å².